The molecule has 0 saturated heterocycles. The van der Waals surface area contributed by atoms with Gasteiger partial charge in [0.15, 0.2) is 5.96 Å². The maximum Gasteiger partial charge on any atom is 0.248 e. The SMILES string of the molecule is NC(=Nc1c(-c2ccccc2)ccc2cncn12)Nc1ccc(=O)[nH]c1. The van der Waals surface area contributed by atoms with Crippen LogP contribution in [-0.4, -0.2) is 20.3 Å². The molecule has 0 spiro atoms. The van der Waals surface area contributed by atoms with Crippen molar-refractivity contribution in [3.63, 3.8) is 0 Å². The predicted octanol–water partition coefficient (Wildman–Crippen LogP) is 2.75. The number of fused-ring (bicyclic) bond motifs is 1. The molecule has 7 heteroatoms. The second kappa shape index (κ2) is 6.56. The van der Waals surface area contributed by atoms with Crippen LogP contribution in [0, 0.1) is 0 Å². The van der Waals surface area contributed by atoms with Gasteiger partial charge < -0.3 is 16.0 Å². The lowest BCUT2D eigenvalue weighted by Gasteiger charge is -2.11. The monoisotopic (exact) mass is 344 g/mol. The summed E-state index contributed by atoms with van der Waals surface area (Å²) in [4.78, 5) is 22.5. The van der Waals surface area contributed by atoms with E-state index in [4.69, 9.17) is 5.73 Å². The van der Waals surface area contributed by atoms with E-state index in [0.717, 1.165) is 16.6 Å². The lowest BCUT2D eigenvalue weighted by molar-refractivity contribution is 1.13. The molecule has 0 bridgehead atoms. The largest absolute Gasteiger partial charge is 0.369 e. The van der Waals surface area contributed by atoms with Gasteiger partial charge in [-0.1, -0.05) is 30.3 Å². The van der Waals surface area contributed by atoms with Crippen LogP contribution < -0.4 is 16.6 Å². The fourth-order valence-corrected chi connectivity index (χ4v) is 2.71. The highest BCUT2D eigenvalue weighted by Crippen LogP contribution is 2.31. The number of hydrogen-bond donors (Lipinski definition) is 3. The van der Waals surface area contributed by atoms with Crippen molar-refractivity contribution in [1.82, 2.24) is 14.4 Å². The third kappa shape index (κ3) is 3.05. The summed E-state index contributed by atoms with van der Waals surface area (Å²) in [5.74, 6) is 0.871. The molecule has 4 rings (SSSR count). The van der Waals surface area contributed by atoms with Crippen molar-refractivity contribution in [1.29, 1.82) is 0 Å². The number of hydrogen-bond acceptors (Lipinski definition) is 3. The Morgan fingerprint density at radius 3 is 2.73 bits per heavy atom. The number of aromatic nitrogens is 3. The van der Waals surface area contributed by atoms with E-state index in [2.05, 4.69) is 20.3 Å². The Bertz CT molecular complexity index is 1120. The second-order valence-electron chi connectivity index (χ2n) is 5.69. The van der Waals surface area contributed by atoms with E-state index in [-0.39, 0.29) is 11.5 Å². The minimum absolute atomic E-state index is 0.180. The molecule has 128 valence electrons. The summed E-state index contributed by atoms with van der Waals surface area (Å²) in [6.45, 7) is 0. The topological polar surface area (TPSA) is 101 Å². The lowest BCUT2D eigenvalue weighted by Crippen LogP contribution is -2.22. The molecule has 26 heavy (non-hydrogen) atoms. The fourth-order valence-electron chi connectivity index (χ4n) is 2.71. The van der Waals surface area contributed by atoms with Crippen molar-refractivity contribution >= 4 is 23.0 Å². The van der Waals surface area contributed by atoms with Gasteiger partial charge in [0.05, 0.1) is 17.4 Å². The Hall–Kier alpha value is -3.87. The van der Waals surface area contributed by atoms with E-state index in [9.17, 15) is 4.79 Å². The van der Waals surface area contributed by atoms with Gasteiger partial charge in [0.25, 0.3) is 0 Å². The zero-order valence-corrected chi connectivity index (χ0v) is 13.8. The van der Waals surface area contributed by atoms with Gasteiger partial charge in [-0.2, -0.15) is 4.99 Å². The van der Waals surface area contributed by atoms with Crippen LogP contribution in [-0.2, 0) is 0 Å². The molecule has 3 heterocycles. The summed E-state index contributed by atoms with van der Waals surface area (Å²) in [6.07, 6.45) is 5.01. The Kier molecular flexibility index (Phi) is 3.95. The first-order valence-corrected chi connectivity index (χ1v) is 8.01. The van der Waals surface area contributed by atoms with Gasteiger partial charge in [-0.25, -0.2) is 4.98 Å². The first kappa shape index (κ1) is 15.6. The smallest absolute Gasteiger partial charge is 0.248 e. The molecule has 0 radical (unpaired) electrons. The van der Waals surface area contributed by atoms with Crippen LogP contribution in [0.25, 0.3) is 16.6 Å². The molecule has 1 aromatic carbocycles. The minimum Gasteiger partial charge on any atom is -0.369 e. The van der Waals surface area contributed by atoms with Gasteiger partial charge in [-0.3, -0.25) is 9.20 Å². The van der Waals surface area contributed by atoms with Crippen molar-refractivity contribution in [2.45, 2.75) is 0 Å². The Morgan fingerprint density at radius 2 is 1.96 bits per heavy atom. The average molecular weight is 344 g/mol. The summed E-state index contributed by atoms with van der Waals surface area (Å²) in [5, 5.41) is 2.98. The normalized spacial score (nSPS) is 11.6. The van der Waals surface area contributed by atoms with Gasteiger partial charge in [0.2, 0.25) is 5.56 Å². The first-order valence-electron chi connectivity index (χ1n) is 8.01. The van der Waals surface area contributed by atoms with Crippen LogP contribution in [0.5, 0.6) is 0 Å². The Morgan fingerprint density at radius 1 is 1.12 bits per heavy atom. The third-order valence-corrected chi connectivity index (χ3v) is 3.92. The van der Waals surface area contributed by atoms with Gasteiger partial charge in [-0.15, -0.1) is 0 Å². The predicted molar refractivity (Wildman–Crippen MR) is 103 cm³/mol. The molecule has 0 amide bonds. The maximum absolute atomic E-state index is 11.2. The molecule has 4 aromatic rings. The highest BCUT2D eigenvalue weighted by atomic mass is 16.1. The fraction of sp³-hybridized carbons (Fsp3) is 0. The van der Waals surface area contributed by atoms with Gasteiger partial charge in [0, 0.05) is 17.8 Å². The van der Waals surface area contributed by atoms with Crippen molar-refractivity contribution in [3.05, 3.63) is 83.7 Å². The zero-order valence-electron chi connectivity index (χ0n) is 13.8. The quantitative estimate of drug-likeness (QED) is 0.393. The Labute approximate surface area is 148 Å². The zero-order chi connectivity index (χ0) is 17.9. The molecule has 3 aromatic heterocycles. The van der Waals surface area contributed by atoms with Crippen LogP contribution in [0.1, 0.15) is 0 Å². The molecule has 4 N–H and O–H groups in total. The van der Waals surface area contributed by atoms with Crippen molar-refractivity contribution in [3.8, 4) is 11.1 Å². The molecule has 7 nitrogen and oxygen atoms in total. The molecule has 0 aliphatic carbocycles. The molecular weight excluding hydrogens is 328 g/mol. The summed E-state index contributed by atoms with van der Waals surface area (Å²) in [5.41, 5.74) is 9.44. The number of benzene rings is 1. The number of H-pyrrole nitrogens is 1. The van der Waals surface area contributed by atoms with E-state index < -0.39 is 0 Å². The molecule has 0 aliphatic heterocycles. The first-order chi connectivity index (χ1) is 12.7. The van der Waals surface area contributed by atoms with E-state index in [1.165, 1.54) is 6.07 Å². The van der Waals surface area contributed by atoms with Crippen LogP contribution in [0.4, 0.5) is 11.5 Å². The highest BCUT2D eigenvalue weighted by molar-refractivity contribution is 5.95. The second-order valence-corrected chi connectivity index (χ2v) is 5.69. The van der Waals surface area contributed by atoms with Crippen LogP contribution in [0.2, 0.25) is 0 Å². The van der Waals surface area contributed by atoms with Gasteiger partial charge >= 0.3 is 0 Å². The number of nitrogens with two attached hydrogens (primary N) is 1. The number of nitrogens with one attached hydrogen (secondary N) is 2. The summed E-state index contributed by atoms with van der Waals surface area (Å²) in [7, 11) is 0. The number of imidazole rings is 1. The van der Waals surface area contributed by atoms with Crippen LogP contribution in [0.15, 0.2) is 83.1 Å². The van der Waals surface area contributed by atoms with E-state index >= 15 is 0 Å². The number of guanidine groups is 1. The standard InChI is InChI=1S/C19H16N6O/c20-19(23-14-6-9-17(26)22-10-14)24-18-16(13-4-2-1-3-5-13)8-7-15-11-21-12-25(15)18/h1-12H,(H,22,26)(H3,20,23,24). The molecule has 0 fully saturated rings. The van der Waals surface area contributed by atoms with Crippen molar-refractivity contribution in [2.75, 3.05) is 5.32 Å². The molecular formula is C19H16N6O. The third-order valence-electron chi connectivity index (χ3n) is 3.92. The number of pyridine rings is 2. The maximum atomic E-state index is 11.2. The number of nitrogens with zero attached hydrogens (tertiary/aromatic N) is 3. The number of rotatable bonds is 3. The summed E-state index contributed by atoms with van der Waals surface area (Å²) < 4.78 is 1.88. The summed E-state index contributed by atoms with van der Waals surface area (Å²) in [6, 6.07) is 17.0. The highest BCUT2D eigenvalue weighted by Gasteiger charge is 2.10. The van der Waals surface area contributed by atoms with Gasteiger partial charge in [0.1, 0.15) is 12.1 Å². The van der Waals surface area contributed by atoms with Crippen LogP contribution >= 0.6 is 0 Å². The molecule has 0 saturated carbocycles. The number of aliphatic imine (C=N–C) groups is 1. The molecule has 0 atom stereocenters. The van der Waals surface area contributed by atoms with E-state index in [1.807, 2.05) is 46.9 Å². The summed E-state index contributed by atoms with van der Waals surface area (Å²) >= 11 is 0. The van der Waals surface area contributed by atoms with E-state index in [0.29, 0.717) is 11.5 Å². The average Bonchev–Trinajstić information content (AvgIpc) is 3.14. The molecule has 0 aliphatic rings. The van der Waals surface area contributed by atoms with Crippen molar-refractivity contribution in [2.24, 2.45) is 10.7 Å². The van der Waals surface area contributed by atoms with Crippen LogP contribution in [0.3, 0.4) is 0 Å². The van der Waals surface area contributed by atoms with E-state index in [1.54, 1.807) is 24.8 Å². The minimum atomic E-state index is -0.180. The van der Waals surface area contributed by atoms with Gasteiger partial charge in [-0.05, 0) is 23.8 Å². The number of aromatic amines is 1. The Balaban J connectivity index is 1.80. The van der Waals surface area contributed by atoms with Crippen molar-refractivity contribution < 1.29 is 0 Å². The lowest BCUT2D eigenvalue weighted by atomic mass is 10.1. The molecule has 0 unspecified atom stereocenters. The number of anilines is 1.